The maximum atomic E-state index is 10.7. The Morgan fingerprint density at radius 3 is 2.00 bits per heavy atom. The van der Waals surface area contributed by atoms with Crippen molar-refractivity contribution >= 4 is 6.29 Å². The van der Waals surface area contributed by atoms with Crippen molar-refractivity contribution in [3.8, 4) is 0 Å². The lowest BCUT2D eigenvalue weighted by Gasteiger charge is -2.24. The van der Waals surface area contributed by atoms with Crippen LogP contribution in [0.15, 0.2) is 11.8 Å². The van der Waals surface area contributed by atoms with E-state index in [2.05, 4.69) is 37.5 Å². The van der Waals surface area contributed by atoms with Crippen molar-refractivity contribution in [2.45, 2.75) is 47.0 Å². The Kier molecular flexibility index (Phi) is 10.8. The Bertz CT molecular complexity index is 231. The molecule has 0 aliphatic carbocycles. The van der Waals surface area contributed by atoms with Gasteiger partial charge in [0.05, 0.1) is 0 Å². The monoisotopic (exact) mass is 254 g/mol. The van der Waals surface area contributed by atoms with Gasteiger partial charge in [-0.25, -0.2) is 0 Å². The molecule has 0 saturated carbocycles. The van der Waals surface area contributed by atoms with Crippen LogP contribution in [0.4, 0.5) is 0 Å². The first-order valence-corrected chi connectivity index (χ1v) is 7.34. The number of unbranched alkanes of at least 4 members (excludes halogenated alkanes) is 1. The maximum absolute atomic E-state index is 10.7. The Balaban J connectivity index is 4.05. The summed E-state index contributed by atoms with van der Waals surface area (Å²) in [5.41, 5.74) is 1.19. The summed E-state index contributed by atoms with van der Waals surface area (Å²) in [6.07, 6.45) is 6.02. The van der Waals surface area contributed by atoms with E-state index in [9.17, 15) is 4.79 Å². The predicted octanol–water partition coefficient (Wildman–Crippen LogP) is 2.92. The van der Waals surface area contributed by atoms with Gasteiger partial charge in [0, 0.05) is 18.8 Å². The van der Waals surface area contributed by atoms with Gasteiger partial charge in [-0.2, -0.15) is 0 Å². The fourth-order valence-electron chi connectivity index (χ4n) is 2.24. The predicted molar refractivity (Wildman–Crippen MR) is 78.7 cm³/mol. The van der Waals surface area contributed by atoms with Crippen LogP contribution in [0, 0.1) is 0 Å². The molecule has 0 unspecified atom stereocenters. The molecular formula is C15H30N2O. The number of rotatable bonds is 11. The Hall–Kier alpha value is -0.830. The molecule has 0 spiro atoms. The maximum Gasteiger partial charge on any atom is 0.144 e. The minimum Gasteiger partial charge on any atom is -0.375 e. The number of nitrogens with zero attached hydrogens (tertiary/aromatic N) is 2. The highest BCUT2D eigenvalue weighted by Crippen LogP contribution is 2.12. The molecule has 3 heteroatoms. The van der Waals surface area contributed by atoms with Crippen LogP contribution in [-0.4, -0.2) is 48.8 Å². The summed E-state index contributed by atoms with van der Waals surface area (Å²) >= 11 is 0. The number of carbonyl (C=O) groups excluding carboxylic acids is 1. The van der Waals surface area contributed by atoms with Crippen molar-refractivity contribution in [2.24, 2.45) is 0 Å². The molecule has 18 heavy (non-hydrogen) atoms. The van der Waals surface area contributed by atoms with E-state index in [4.69, 9.17) is 0 Å². The first-order chi connectivity index (χ1) is 8.73. The highest BCUT2D eigenvalue weighted by atomic mass is 16.1. The molecule has 0 N–H and O–H groups in total. The molecule has 0 saturated heterocycles. The highest BCUT2D eigenvalue weighted by molar-refractivity contribution is 5.65. The van der Waals surface area contributed by atoms with Crippen molar-refractivity contribution in [3.63, 3.8) is 0 Å². The molecule has 0 heterocycles. The zero-order valence-electron chi connectivity index (χ0n) is 12.6. The lowest BCUT2D eigenvalue weighted by Crippen LogP contribution is -2.25. The number of hydrogen-bond acceptors (Lipinski definition) is 3. The second-order valence-electron chi connectivity index (χ2n) is 4.45. The summed E-state index contributed by atoms with van der Waals surface area (Å²) in [7, 11) is 0. The van der Waals surface area contributed by atoms with Gasteiger partial charge in [0.25, 0.3) is 0 Å². The standard InChI is InChI=1S/C15H30N2O/c1-5-16(6-2)13-10-9-11-15(12-14-18)17(7-3)8-4/h12,14H,5-11,13H2,1-4H3/b15-12-. The summed E-state index contributed by atoms with van der Waals surface area (Å²) in [6, 6.07) is 0. The Labute approximate surface area is 113 Å². The van der Waals surface area contributed by atoms with Gasteiger partial charge >= 0.3 is 0 Å². The quantitative estimate of drug-likeness (QED) is 0.322. The van der Waals surface area contributed by atoms with Crippen LogP contribution in [0.5, 0.6) is 0 Å². The number of aldehydes is 1. The third-order valence-corrected chi connectivity index (χ3v) is 3.48. The van der Waals surface area contributed by atoms with E-state index in [-0.39, 0.29) is 0 Å². The Morgan fingerprint density at radius 2 is 1.56 bits per heavy atom. The second-order valence-corrected chi connectivity index (χ2v) is 4.45. The van der Waals surface area contributed by atoms with E-state index in [1.165, 1.54) is 18.7 Å². The molecule has 0 aromatic carbocycles. The van der Waals surface area contributed by atoms with Crippen molar-refractivity contribution in [1.82, 2.24) is 9.80 Å². The molecule has 0 aliphatic heterocycles. The van der Waals surface area contributed by atoms with Gasteiger partial charge in [0.15, 0.2) is 0 Å². The fraction of sp³-hybridized carbons (Fsp3) is 0.800. The van der Waals surface area contributed by atoms with Gasteiger partial charge < -0.3 is 9.80 Å². The average molecular weight is 254 g/mol. The Morgan fingerprint density at radius 1 is 0.944 bits per heavy atom. The molecule has 0 bridgehead atoms. The average Bonchev–Trinajstić information content (AvgIpc) is 2.40. The van der Waals surface area contributed by atoms with E-state index in [1.807, 2.05) is 0 Å². The normalized spacial score (nSPS) is 11.9. The third kappa shape index (κ3) is 6.80. The van der Waals surface area contributed by atoms with Crippen LogP contribution in [0.3, 0.4) is 0 Å². The van der Waals surface area contributed by atoms with Gasteiger partial charge in [0.1, 0.15) is 6.29 Å². The van der Waals surface area contributed by atoms with Crippen molar-refractivity contribution in [3.05, 3.63) is 11.8 Å². The van der Waals surface area contributed by atoms with Gasteiger partial charge in [-0.05, 0) is 58.8 Å². The van der Waals surface area contributed by atoms with E-state index < -0.39 is 0 Å². The smallest absolute Gasteiger partial charge is 0.144 e. The molecule has 106 valence electrons. The topological polar surface area (TPSA) is 23.6 Å². The molecule has 0 fully saturated rings. The van der Waals surface area contributed by atoms with E-state index >= 15 is 0 Å². The number of carbonyl (C=O) groups is 1. The molecule has 3 nitrogen and oxygen atoms in total. The summed E-state index contributed by atoms with van der Waals surface area (Å²) in [5.74, 6) is 0. The van der Waals surface area contributed by atoms with Crippen molar-refractivity contribution < 1.29 is 4.79 Å². The minimum atomic E-state index is 0.915. The summed E-state index contributed by atoms with van der Waals surface area (Å²) in [5, 5.41) is 0. The molecule has 0 radical (unpaired) electrons. The van der Waals surface area contributed by atoms with E-state index in [0.29, 0.717) is 0 Å². The van der Waals surface area contributed by atoms with Crippen molar-refractivity contribution in [1.29, 1.82) is 0 Å². The van der Waals surface area contributed by atoms with E-state index in [0.717, 1.165) is 45.3 Å². The first-order valence-electron chi connectivity index (χ1n) is 7.34. The van der Waals surface area contributed by atoms with Crippen molar-refractivity contribution in [2.75, 3.05) is 32.7 Å². The van der Waals surface area contributed by atoms with Crippen LogP contribution in [-0.2, 0) is 4.79 Å². The van der Waals surface area contributed by atoms with Crippen LogP contribution in [0.2, 0.25) is 0 Å². The second kappa shape index (κ2) is 11.3. The zero-order valence-corrected chi connectivity index (χ0v) is 12.6. The molecular weight excluding hydrogens is 224 g/mol. The molecule has 0 aromatic rings. The summed E-state index contributed by atoms with van der Waals surface area (Å²) in [4.78, 5) is 15.4. The molecule has 0 amide bonds. The number of allylic oxidation sites excluding steroid dienone is 2. The minimum absolute atomic E-state index is 0.915. The lowest BCUT2D eigenvalue weighted by atomic mass is 10.1. The summed E-state index contributed by atoms with van der Waals surface area (Å²) in [6.45, 7) is 14.1. The summed E-state index contributed by atoms with van der Waals surface area (Å²) < 4.78 is 0. The first kappa shape index (κ1) is 17.2. The van der Waals surface area contributed by atoms with E-state index in [1.54, 1.807) is 6.08 Å². The van der Waals surface area contributed by atoms with Gasteiger partial charge in [-0.1, -0.05) is 13.8 Å². The van der Waals surface area contributed by atoms with Gasteiger partial charge in [0.2, 0.25) is 0 Å². The molecule has 0 rings (SSSR count). The SMILES string of the molecule is CCN(CC)CCCC/C(=C/C=O)N(CC)CC. The van der Waals surface area contributed by atoms with Crippen LogP contribution >= 0.6 is 0 Å². The fourth-order valence-corrected chi connectivity index (χ4v) is 2.24. The zero-order chi connectivity index (χ0) is 13.8. The van der Waals surface area contributed by atoms with Crippen LogP contribution in [0.1, 0.15) is 47.0 Å². The van der Waals surface area contributed by atoms with Crippen LogP contribution in [0.25, 0.3) is 0 Å². The van der Waals surface area contributed by atoms with Crippen LogP contribution < -0.4 is 0 Å². The molecule has 0 aliphatic rings. The van der Waals surface area contributed by atoms with Gasteiger partial charge in [-0.15, -0.1) is 0 Å². The lowest BCUT2D eigenvalue weighted by molar-refractivity contribution is -0.104. The largest absolute Gasteiger partial charge is 0.375 e. The number of hydrogen-bond donors (Lipinski definition) is 0. The molecule has 0 atom stereocenters. The highest BCUT2D eigenvalue weighted by Gasteiger charge is 2.05. The molecule has 0 aromatic heterocycles. The third-order valence-electron chi connectivity index (χ3n) is 3.48. The van der Waals surface area contributed by atoms with Gasteiger partial charge in [-0.3, -0.25) is 4.79 Å².